The second-order valence-corrected chi connectivity index (χ2v) is 5.71. The van der Waals surface area contributed by atoms with Crippen molar-refractivity contribution < 1.29 is 4.74 Å². The average molecular weight is 317 g/mol. The number of nitrogens with one attached hydrogen (secondary N) is 1. The predicted molar refractivity (Wildman–Crippen MR) is 73.3 cm³/mol. The van der Waals surface area contributed by atoms with Gasteiger partial charge in [0.05, 0.1) is 24.4 Å². The van der Waals surface area contributed by atoms with E-state index in [-0.39, 0.29) is 6.04 Å². The van der Waals surface area contributed by atoms with Gasteiger partial charge in [0.25, 0.3) is 0 Å². The molecule has 0 radical (unpaired) electrons. The van der Waals surface area contributed by atoms with Crippen LogP contribution in [0.1, 0.15) is 38.4 Å². The number of nitrogens with zero attached hydrogens (tertiary/aromatic N) is 3. The normalized spacial score (nSPS) is 25.6. The van der Waals surface area contributed by atoms with Crippen LogP contribution in [0.5, 0.6) is 0 Å². The molecule has 1 N–H and O–H groups in total. The number of halogens is 1. The van der Waals surface area contributed by atoms with Crippen LogP contribution < -0.4 is 5.32 Å². The fourth-order valence-electron chi connectivity index (χ4n) is 2.54. The molecule has 102 valence electrons. The van der Waals surface area contributed by atoms with Crippen LogP contribution in [0.4, 0.5) is 0 Å². The van der Waals surface area contributed by atoms with E-state index in [0.29, 0.717) is 12.0 Å². The third-order valence-corrected chi connectivity index (χ3v) is 4.00. The van der Waals surface area contributed by atoms with Gasteiger partial charge in [-0.15, -0.1) is 5.10 Å². The molecule has 3 unspecified atom stereocenters. The van der Waals surface area contributed by atoms with Crippen LogP contribution in [0.2, 0.25) is 0 Å². The minimum atomic E-state index is 0.254. The van der Waals surface area contributed by atoms with Crippen molar-refractivity contribution in [1.29, 1.82) is 0 Å². The molecule has 1 fully saturated rings. The molecular formula is C12H21BrN4O. The van der Waals surface area contributed by atoms with Crippen molar-refractivity contribution in [2.75, 3.05) is 13.2 Å². The molecule has 1 aliphatic rings. The summed E-state index contributed by atoms with van der Waals surface area (Å²) in [5.74, 6) is 0.486. The van der Waals surface area contributed by atoms with Gasteiger partial charge in [0.2, 0.25) is 0 Å². The molecule has 1 aromatic heterocycles. The van der Waals surface area contributed by atoms with Crippen LogP contribution in [0.3, 0.4) is 0 Å². The predicted octanol–water partition coefficient (Wildman–Crippen LogP) is 2.04. The van der Waals surface area contributed by atoms with E-state index in [1.807, 2.05) is 11.7 Å². The highest BCUT2D eigenvalue weighted by Gasteiger charge is 2.33. The van der Waals surface area contributed by atoms with Gasteiger partial charge in [0, 0.05) is 13.0 Å². The first-order chi connectivity index (χ1) is 8.63. The second kappa shape index (κ2) is 6.12. The van der Waals surface area contributed by atoms with Gasteiger partial charge in [-0.1, -0.05) is 12.1 Å². The fraction of sp³-hybridized carbons (Fsp3) is 0.833. The standard InChI is InChI=1S/C12H21BrN4O/c1-4-5-14-10(9-6-8(2)18-7-9)11-12(13)15-16-17(11)3/h8-10,14H,4-7H2,1-3H3. The lowest BCUT2D eigenvalue weighted by Crippen LogP contribution is -2.31. The summed E-state index contributed by atoms with van der Waals surface area (Å²) in [6.07, 6.45) is 2.54. The molecule has 5 nitrogen and oxygen atoms in total. The van der Waals surface area contributed by atoms with Crippen molar-refractivity contribution in [3.63, 3.8) is 0 Å². The zero-order valence-electron chi connectivity index (χ0n) is 11.2. The Morgan fingerprint density at radius 1 is 1.61 bits per heavy atom. The Balaban J connectivity index is 2.19. The summed E-state index contributed by atoms with van der Waals surface area (Å²) in [5, 5.41) is 11.8. The van der Waals surface area contributed by atoms with E-state index in [2.05, 4.69) is 45.4 Å². The van der Waals surface area contributed by atoms with Crippen molar-refractivity contribution in [1.82, 2.24) is 20.3 Å². The monoisotopic (exact) mass is 316 g/mol. The topological polar surface area (TPSA) is 52.0 Å². The molecule has 2 heterocycles. The van der Waals surface area contributed by atoms with E-state index in [4.69, 9.17) is 4.74 Å². The second-order valence-electron chi connectivity index (χ2n) is 4.96. The summed E-state index contributed by atoms with van der Waals surface area (Å²) >= 11 is 3.50. The van der Waals surface area contributed by atoms with Crippen molar-refractivity contribution in [2.24, 2.45) is 13.0 Å². The van der Waals surface area contributed by atoms with E-state index < -0.39 is 0 Å². The first-order valence-corrected chi connectivity index (χ1v) is 7.32. The van der Waals surface area contributed by atoms with Gasteiger partial charge in [-0.3, -0.25) is 0 Å². The Bertz CT molecular complexity index is 376. The molecule has 1 saturated heterocycles. The minimum absolute atomic E-state index is 0.254. The minimum Gasteiger partial charge on any atom is -0.378 e. The van der Waals surface area contributed by atoms with Gasteiger partial charge in [-0.2, -0.15) is 0 Å². The van der Waals surface area contributed by atoms with Crippen LogP contribution in [0.25, 0.3) is 0 Å². The maximum absolute atomic E-state index is 5.70. The number of aryl methyl sites for hydroxylation is 1. The lowest BCUT2D eigenvalue weighted by Gasteiger charge is -2.24. The Morgan fingerprint density at radius 2 is 2.39 bits per heavy atom. The van der Waals surface area contributed by atoms with E-state index in [1.165, 1.54) is 0 Å². The highest BCUT2D eigenvalue weighted by atomic mass is 79.9. The first kappa shape index (κ1) is 14.0. The summed E-state index contributed by atoms with van der Waals surface area (Å²) in [5.41, 5.74) is 1.12. The molecular weight excluding hydrogens is 296 g/mol. The molecule has 3 atom stereocenters. The Kier molecular flexibility index (Phi) is 4.75. The van der Waals surface area contributed by atoms with E-state index >= 15 is 0 Å². The van der Waals surface area contributed by atoms with E-state index in [1.54, 1.807) is 0 Å². The number of hydrogen-bond donors (Lipinski definition) is 1. The van der Waals surface area contributed by atoms with Crippen molar-refractivity contribution in [2.45, 2.75) is 38.8 Å². The van der Waals surface area contributed by atoms with Crippen LogP contribution in [-0.2, 0) is 11.8 Å². The summed E-state index contributed by atoms with van der Waals surface area (Å²) in [4.78, 5) is 0. The van der Waals surface area contributed by atoms with Crippen molar-refractivity contribution in [3.05, 3.63) is 10.3 Å². The average Bonchev–Trinajstić information content (AvgIpc) is 2.90. The molecule has 0 aliphatic carbocycles. The summed E-state index contributed by atoms with van der Waals surface area (Å²) in [6.45, 7) is 6.11. The number of ether oxygens (including phenoxy) is 1. The van der Waals surface area contributed by atoms with Gasteiger partial charge >= 0.3 is 0 Å². The molecule has 0 saturated carbocycles. The first-order valence-electron chi connectivity index (χ1n) is 6.53. The van der Waals surface area contributed by atoms with Gasteiger partial charge in [-0.05, 0) is 42.2 Å². The lowest BCUT2D eigenvalue weighted by molar-refractivity contribution is 0.116. The van der Waals surface area contributed by atoms with E-state index in [9.17, 15) is 0 Å². The van der Waals surface area contributed by atoms with Crippen molar-refractivity contribution >= 4 is 15.9 Å². The molecule has 0 bridgehead atoms. The molecule has 1 aromatic rings. The molecule has 0 aromatic carbocycles. The van der Waals surface area contributed by atoms with Crippen LogP contribution in [-0.4, -0.2) is 34.2 Å². The van der Waals surface area contributed by atoms with Crippen molar-refractivity contribution in [3.8, 4) is 0 Å². The highest BCUT2D eigenvalue weighted by Crippen LogP contribution is 2.33. The van der Waals surface area contributed by atoms with E-state index in [0.717, 1.165) is 36.3 Å². The van der Waals surface area contributed by atoms with Gasteiger partial charge in [0.1, 0.15) is 0 Å². The third-order valence-electron chi connectivity index (χ3n) is 3.44. The fourth-order valence-corrected chi connectivity index (χ4v) is 3.11. The third kappa shape index (κ3) is 2.92. The largest absolute Gasteiger partial charge is 0.378 e. The molecule has 18 heavy (non-hydrogen) atoms. The lowest BCUT2D eigenvalue weighted by atomic mass is 9.94. The Morgan fingerprint density at radius 3 is 2.89 bits per heavy atom. The Hall–Kier alpha value is -0.460. The summed E-state index contributed by atoms with van der Waals surface area (Å²) in [6, 6.07) is 0.254. The highest BCUT2D eigenvalue weighted by molar-refractivity contribution is 9.10. The van der Waals surface area contributed by atoms with Gasteiger partial charge in [-0.25, -0.2) is 4.68 Å². The van der Waals surface area contributed by atoms with Gasteiger partial charge < -0.3 is 10.1 Å². The number of hydrogen-bond acceptors (Lipinski definition) is 4. The van der Waals surface area contributed by atoms with Crippen LogP contribution in [0, 0.1) is 5.92 Å². The Labute approximate surface area is 116 Å². The molecule has 0 spiro atoms. The molecule has 1 aliphatic heterocycles. The van der Waals surface area contributed by atoms with Gasteiger partial charge in [0.15, 0.2) is 4.60 Å². The van der Waals surface area contributed by atoms with Crippen LogP contribution in [0.15, 0.2) is 4.60 Å². The smallest absolute Gasteiger partial charge is 0.153 e. The number of rotatable bonds is 5. The van der Waals surface area contributed by atoms with Crippen LogP contribution >= 0.6 is 15.9 Å². The SMILES string of the molecule is CCCNC(c1c(Br)nnn1C)C1COC(C)C1. The zero-order valence-corrected chi connectivity index (χ0v) is 12.8. The summed E-state index contributed by atoms with van der Waals surface area (Å²) in [7, 11) is 1.94. The molecule has 0 amide bonds. The zero-order chi connectivity index (χ0) is 13.1. The molecule has 2 rings (SSSR count). The quantitative estimate of drug-likeness (QED) is 0.903. The maximum atomic E-state index is 5.70. The number of aromatic nitrogens is 3. The maximum Gasteiger partial charge on any atom is 0.153 e. The molecule has 6 heteroatoms. The summed E-state index contributed by atoms with van der Waals surface area (Å²) < 4.78 is 8.38.